The summed E-state index contributed by atoms with van der Waals surface area (Å²) in [4.78, 5) is 121. The third-order valence-corrected chi connectivity index (χ3v) is 11.8. The van der Waals surface area contributed by atoms with Crippen LogP contribution in [-0.4, -0.2) is 193 Å². The molecule has 0 saturated heterocycles. The van der Waals surface area contributed by atoms with Crippen LogP contribution in [0.5, 0.6) is 0 Å². The van der Waals surface area contributed by atoms with Crippen molar-refractivity contribution in [2.24, 2.45) is 11.8 Å². The fourth-order valence-corrected chi connectivity index (χ4v) is 7.82. The molecule has 25 heteroatoms. The Morgan fingerprint density at radius 3 is 1.33 bits per heavy atom. The van der Waals surface area contributed by atoms with Crippen molar-refractivity contribution in [2.75, 3.05) is 105 Å². The van der Waals surface area contributed by atoms with E-state index in [-0.39, 0.29) is 173 Å². The van der Waals surface area contributed by atoms with E-state index in [0.29, 0.717) is 19.1 Å². The topological polar surface area (TPSA) is 351 Å². The number of aliphatic carboxylic acids is 2. The zero-order valence-corrected chi connectivity index (χ0v) is 42.2. The molecule has 2 saturated carbocycles. The Kier molecular flexibility index (Phi) is 35.9. The maximum Gasteiger partial charge on any atom is 0.326 e. The molecule has 0 heterocycles. The minimum absolute atomic E-state index is 0.0348. The first kappa shape index (κ1) is 63.8. The van der Waals surface area contributed by atoms with Crippen molar-refractivity contribution in [3.05, 3.63) is 0 Å². The molecule has 25 nitrogen and oxygen atoms in total. The number of ether oxygens (including phenoxy) is 6. The van der Waals surface area contributed by atoms with Gasteiger partial charge in [-0.05, 0) is 57.8 Å². The van der Waals surface area contributed by atoms with E-state index in [4.69, 9.17) is 28.4 Å². The molecule has 9 N–H and O–H groups in total. The Balaban J connectivity index is 1.58. The van der Waals surface area contributed by atoms with Crippen molar-refractivity contribution < 1.29 is 86.6 Å². The van der Waals surface area contributed by atoms with Gasteiger partial charge in [0.05, 0.1) is 59.5 Å². The second kappa shape index (κ2) is 41.1. The number of carboxylic acids is 2. The second-order valence-electron chi connectivity index (χ2n) is 17.7. The van der Waals surface area contributed by atoms with E-state index >= 15 is 0 Å². The Hall–Kier alpha value is -5.34. The summed E-state index contributed by atoms with van der Waals surface area (Å²) in [6, 6.07) is -3.23. The predicted octanol–water partition coefficient (Wildman–Crippen LogP) is -0.735. The summed E-state index contributed by atoms with van der Waals surface area (Å²) in [6.45, 7) is 1.36. The highest BCUT2D eigenvalue weighted by atomic mass is 16.5. The van der Waals surface area contributed by atoms with E-state index in [9.17, 15) is 58.2 Å². The van der Waals surface area contributed by atoms with Gasteiger partial charge in [0.1, 0.15) is 44.2 Å². The van der Waals surface area contributed by atoms with Gasteiger partial charge in [0.15, 0.2) is 0 Å². The van der Waals surface area contributed by atoms with Crippen LogP contribution in [0.2, 0.25) is 0 Å². The fraction of sp³-hybridized carbons (Fsp3) is 0.792. The highest BCUT2D eigenvalue weighted by molar-refractivity contribution is 5.88. The normalized spacial score (nSPS) is 15.2. The number of nitrogens with one attached hydrogen (secondary N) is 7. The number of carbonyl (C=O) groups excluding carboxylic acids is 8. The summed E-state index contributed by atoms with van der Waals surface area (Å²) in [5.41, 5.74) is 0. The molecule has 2 aliphatic carbocycles. The van der Waals surface area contributed by atoms with Gasteiger partial charge in [-0.3, -0.25) is 33.6 Å². The van der Waals surface area contributed by atoms with E-state index in [1.165, 1.54) is 0 Å². The Labute approximate surface area is 427 Å². The number of carboxylic acid groups (broad SMARTS) is 2. The van der Waals surface area contributed by atoms with Crippen LogP contribution in [-0.2, 0) is 76.4 Å². The van der Waals surface area contributed by atoms with E-state index < -0.39 is 47.8 Å². The van der Waals surface area contributed by atoms with Gasteiger partial charge in [0.2, 0.25) is 41.4 Å². The maximum absolute atomic E-state index is 13.0. The average molecular weight is 1040 g/mol. The van der Waals surface area contributed by atoms with Gasteiger partial charge in [-0.25, -0.2) is 9.59 Å². The summed E-state index contributed by atoms with van der Waals surface area (Å²) < 4.78 is 32.0. The summed E-state index contributed by atoms with van der Waals surface area (Å²) >= 11 is 0. The van der Waals surface area contributed by atoms with Crippen molar-refractivity contribution in [3.8, 4) is 0 Å². The lowest BCUT2D eigenvalue weighted by Gasteiger charge is -2.23. The third kappa shape index (κ3) is 32.5. The number of hydrogen-bond acceptors (Lipinski definition) is 16. The first-order valence-electron chi connectivity index (χ1n) is 25.6. The number of amides is 7. The van der Waals surface area contributed by atoms with Crippen LogP contribution >= 0.6 is 0 Å². The van der Waals surface area contributed by atoms with Crippen LogP contribution in [0, 0.1) is 11.8 Å². The quantitative estimate of drug-likeness (QED) is 0.0268. The number of aldehydes is 1. The SMILES string of the molecule is O=CCOCCOCCNC(=O)[C@H](CCCCNC(=O)COCCOCCNC(=O)CC[C@H](NC(=O)C1CCCCC1)C(=O)O)NC(=O)COCCOCCNC(=O)CC[C@H](NC(=O)C1CCCCC1)C(=O)O. The van der Waals surface area contributed by atoms with Gasteiger partial charge >= 0.3 is 11.9 Å². The molecule has 73 heavy (non-hydrogen) atoms. The molecule has 2 aliphatic rings. The number of unbranched alkanes of at least 4 members (excludes halogenated alkanes) is 1. The van der Waals surface area contributed by atoms with E-state index in [0.717, 1.165) is 64.2 Å². The monoisotopic (exact) mass is 1040 g/mol. The van der Waals surface area contributed by atoms with E-state index in [2.05, 4.69) is 37.2 Å². The highest BCUT2D eigenvalue weighted by Crippen LogP contribution is 2.25. The molecule has 416 valence electrons. The fourth-order valence-electron chi connectivity index (χ4n) is 7.82. The molecular formula is C48H81N7O18. The second-order valence-corrected chi connectivity index (χ2v) is 17.7. The number of hydrogen-bond donors (Lipinski definition) is 9. The Bertz CT molecular complexity index is 1660. The van der Waals surface area contributed by atoms with Crippen molar-refractivity contribution in [2.45, 2.75) is 127 Å². The number of carbonyl (C=O) groups is 10. The first-order valence-corrected chi connectivity index (χ1v) is 25.6. The van der Waals surface area contributed by atoms with Gasteiger partial charge in [0.25, 0.3) is 0 Å². The lowest BCUT2D eigenvalue weighted by atomic mass is 9.88. The molecule has 2 fully saturated rings. The van der Waals surface area contributed by atoms with E-state index in [1.807, 2.05) is 0 Å². The molecule has 0 radical (unpaired) electrons. The lowest BCUT2D eigenvalue weighted by Crippen LogP contribution is -2.48. The van der Waals surface area contributed by atoms with Gasteiger partial charge in [-0.15, -0.1) is 0 Å². The van der Waals surface area contributed by atoms with Gasteiger partial charge in [-0.1, -0.05) is 38.5 Å². The van der Waals surface area contributed by atoms with Crippen LogP contribution in [0.25, 0.3) is 0 Å². The standard InChI is InChI=1S/C48H81N7O18/c56-22-26-71-28-27-70-25-21-52-46(63)37(53-43(60)34-73-32-30-69-24-20-51-41(58)17-15-39(48(66)67)55-45(62)36-11-5-2-6-12-36)13-7-8-18-49-42(59)33-72-31-29-68-23-19-50-40(57)16-14-38(47(64)65)54-44(61)35-9-3-1-4-10-35/h22,35-39H,1-21,23-34H2,(H,49,59)(H,50,57)(H,51,58)(H,52,63)(H,53,60)(H,54,61)(H,55,62)(H,64,65)(H,66,67)/t37-,38-,39-/m0/s1. The molecule has 0 aliphatic heterocycles. The summed E-state index contributed by atoms with van der Waals surface area (Å²) in [6.07, 6.45) is 10.3. The molecule has 0 aromatic carbocycles. The smallest absolute Gasteiger partial charge is 0.326 e. The Morgan fingerprint density at radius 2 is 0.863 bits per heavy atom. The average Bonchev–Trinajstić information content (AvgIpc) is 3.38. The molecule has 0 aromatic heterocycles. The van der Waals surface area contributed by atoms with Gasteiger partial charge < -0.3 is 80.6 Å². The Morgan fingerprint density at radius 1 is 0.438 bits per heavy atom. The molecule has 3 atom stereocenters. The molecular weight excluding hydrogens is 963 g/mol. The first-order chi connectivity index (χ1) is 35.3. The van der Waals surface area contributed by atoms with Gasteiger partial charge in [-0.2, -0.15) is 0 Å². The van der Waals surface area contributed by atoms with E-state index in [1.54, 1.807) is 0 Å². The molecule has 0 spiro atoms. The molecule has 0 bridgehead atoms. The van der Waals surface area contributed by atoms with Gasteiger partial charge in [0, 0.05) is 50.9 Å². The van der Waals surface area contributed by atoms with Crippen molar-refractivity contribution in [3.63, 3.8) is 0 Å². The van der Waals surface area contributed by atoms with Crippen LogP contribution in [0.4, 0.5) is 0 Å². The van der Waals surface area contributed by atoms with Crippen molar-refractivity contribution in [1.82, 2.24) is 37.2 Å². The van der Waals surface area contributed by atoms with Crippen molar-refractivity contribution >= 4 is 59.6 Å². The third-order valence-electron chi connectivity index (χ3n) is 11.8. The summed E-state index contributed by atoms with van der Waals surface area (Å²) in [5, 5.41) is 37.5. The van der Waals surface area contributed by atoms with Crippen LogP contribution in [0.15, 0.2) is 0 Å². The maximum atomic E-state index is 13.0. The molecule has 7 amide bonds. The van der Waals surface area contributed by atoms with Crippen molar-refractivity contribution in [1.29, 1.82) is 0 Å². The minimum Gasteiger partial charge on any atom is -0.480 e. The minimum atomic E-state index is -1.20. The largest absolute Gasteiger partial charge is 0.480 e. The molecule has 2 rings (SSSR count). The lowest BCUT2D eigenvalue weighted by molar-refractivity contribution is -0.143. The molecule has 0 unspecified atom stereocenters. The summed E-state index contributed by atoms with van der Waals surface area (Å²) in [7, 11) is 0. The summed E-state index contributed by atoms with van der Waals surface area (Å²) in [5.74, 6) is -5.49. The number of rotatable bonds is 43. The molecule has 0 aromatic rings. The zero-order valence-electron chi connectivity index (χ0n) is 42.2. The highest BCUT2D eigenvalue weighted by Gasteiger charge is 2.28. The van der Waals surface area contributed by atoms with Crippen LogP contribution < -0.4 is 37.2 Å². The van der Waals surface area contributed by atoms with Crippen LogP contribution in [0.3, 0.4) is 0 Å². The van der Waals surface area contributed by atoms with Crippen LogP contribution in [0.1, 0.15) is 109 Å². The zero-order chi connectivity index (χ0) is 53.3. The predicted molar refractivity (Wildman–Crippen MR) is 260 cm³/mol.